The fourth-order valence-corrected chi connectivity index (χ4v) is 4.34. The second-order valence-corrected chi connectivity index (χ2v) is 7.86. The molecule has 1 amide bonds. The van der Waals surface area contributed by atoms with Gasteiger partial charge in [-0.25, -0.2) is 0 Å². The van der Waals surface area contributed by atoms with Crippen LogP contribution in [0.15, 0.2) is 42.5 Å². The van der Waals surface area contributed by atoms with Crippen LogP contribution in [0.3, 0.4) is 0 Å². The van der Waals surface area contributed by atoms with Crippen LogP contribution >= 0.6 is 12.4 Å². The number of rotatable bonds is 5. The summed E-state index contributed by atoms with van der Waals surface area (Å²) in [6, 6.07) is 16.1. The minimum atomic E-state index is 0. The van der Waals surface area contributed by atoms with Gasteiger partial charge in [-0.05, 0) is 72.8 Å². The van der Waals surface area contributed by atoms with Gasteiger partial charge >= 0.3 is 0 Å². The zero-order valence-corrected chi connectivity index (χ0v) is 16.6. The molecule has 0 aromatic heterocycles. The van der Waals surface area contributed by atoms with Gasteiger partial charge in [0.2, 0.25) is 5.91 Å². The van der Waals surface area contributed by atoms with Crippen molar-refractivity contribution in [1.82, 2.24) is 5.32 Å². The zero-order chi connectivity index (χ0) is 17.9. The van der Waals surface area contributed by atoms with E-state index in [9.17, 15) is 4.79 Å². The number of carbonyl (C=O) groups excluding carboxylic acids is 1. The van der Waals surface area contributed by atoms with Crippen LogP contribution in [0.4, 0.5) is 0 Å². The lowest BCUT2D eigenvalue weighted by atomic mass is 9.91. The molecule has 0 spiro atoms. The van der Waals surface area contributed by atoms with Gasteiger partial charge in [-0.15, -0.1) is 12.4 Å². The standard InChI is InChI=1S/C23H28N2O.ClH/c24-19-10-12-20(13-11-19)25-23(26)7-3-4-16-8-9-18-15-17-5-1-2-6-21(17)22(18)14-16;/h1-2,5-6,8-9,14,19-20H,3-4,7,10-13,15,24H2,(H,25,26);1H. The molecule has 0 unspecified atom stereocenters. The Morgan fingerprint density at radius 3 is 2.56 bits per heavy atom. The van der Waals surface area contributed by atoms with Gasteiger partial charge in [0.1, 0.15) is 0 Å². The summed E-state index contributed by atoms with van der Waals surface area (Å²) in [7, 11) is 0. The van der Waals surface area contributed by atoms with Gasteiger partial charge in [-0.3, -0.25) is 4.79 Å². The first-order valence-electron chi connectivity index (χ1n) is 9.94. The highest BCUT2D eigenvalue weighted by Crippen LogP contribution is 2.37. The molecule has 4 rings (SSSR count). The van der Waals surface area contributed by atoms with E-state index in [0.717, 1.165) is 44.9 Å². The second-order valence-electron chi connectivity index (χ2n) is 7.86. The zero-order valence-electron chi connectivity index (χ0n) is 15.7. The summed E-state index contributed by atoms with van der Waals surface area (Å²) in [5, 5.41) is 3.19. The molecule has 0 saturated heterocycles. The molecule has 0 heterocycles. The highest BCUT2D eigenvalue weighted by Gasteiger charge is 2.20. The predicted octanol–water partition coefficient (Wildman–Crippen LogP) is 4.39. The van der Waals surface area contributed by atoms with Crippen LogP contribution in [0.1, 0.15) is 55.2 Å². The fraction of sp³-hybridized carbons (Fsp3) is 0.435. The Morgan fingerprint density at radius 2 is 1.74 bits per heavy atom. The van der Waals surface area contributed by atoms with Gasteiger partial charge in [-0.1, -0.05) is 42.5 Å². The lowest BCUT2D eigenvalue weighted by Crippen LogP contribution is -2.40. The number of nitrogens with one attached hydrogen (secondary N) is 1. The first-order valence-corrected chi connectivity index (χ1v) is 9.94. The van der Waals surface area contributed by atoms with Crippen molar-refractivity contribution in [3.8, 4) is 11.1 Å². The van der Waals surface area contributed by atoms with Crippen molar-refractivity contribution in [3.63, 3.8) is 0 Å². The Bertz CT molecular complexity index is 797. The molecule has 2 aliphatic carbocycles. The Labute approximate surface area is 168 Å². The van der Waals surface area contributed by atoms with E-state index in [1.807, 2.05) is 0 Å². The number of benzene rings is 2. The Balaban J connectivity index is 0.00000210. The molecule has 2 aromatic rings. The van der Waals surface area contributed by atoms with Crippen LogP contribution in [0.25, 0.3) is 11.1 Å². The van der Waals surface area contributed by atoms with Gasteiger partial charge in [0, 0.05) is 18.5 Å². The van der Waals surface area contributed by atoms with Crippen molar-refractivity contribution in [2.24, 2.45) is 5.73 Å². The first kappa shape index (κ1) is 19.9. The number of amides is 1. The minimum Gasteiger partial charge on any atom is -0.353 e. The van der Waals surface area contributed by atoms with Gasteiger partial charge in [0.15, 0.2) is 0 Å². The van der Waals surface area contributed by atoms with Crippen LogP contribution in [0, 0.1) is 0 Å². The van der Waals surface area contributed by atoms with Crippen molar-refractivity contribution in [3.05, 3.63) is 59.2 Å². The maximum atomic E-state index is 12.2. The van der Waals surface area contributed by atoms with Crippen LogP contribution < -0.4 is 11.1 Å². The van der Waals surface area contributed by atoms with E-state index in [4.69, 9.17) is 5.73 Å². The summed E-state index contributed by atoms with van der Waals surface area (Å²) in [5.74, 6) is 0.192. The number of hydrogen-bond donors (Lipinski definition) is 2. The molecule has 0 radical (unpaired) electrons. The summed E-state index contributed by atoms with van der Waals surface area (Å²) < 4.78 is 0. The topological polar surface area (TPSA) is 55.1 Å². The van der Waals surface area contributed by atoms with Gasteiger partial charge in [-0.2, -0.15) is 0 Å². The van der Waals surface area contributed by atoms with Gasteiger partial charge in [0.25, 0.3) is 0 Å². The highest BCUT2D eigenvalue weighted by molar-refractivity contribution is 5.85. The molecule has 144 valence electrons. The smallest absolute Gasteiger partial charge is 0.220 e. The van der Waals surface area contributed by atoms with E-state index < -0.39 is 0 Å². The lowest BCUT2D eigenvalue weighted by Gasteiger charge is -2.26. The molecule has 3 N–H and O–H groups in total. The summed E-state index contributed by atoms with van der Waals surface area (Å²) in [6.07, 6.45) is 7.61. The van der Waals surface area contributed by atoms with Crippen molar-refractivity contribution < 1.29 is 4.79 Å². The monoisotopic (exact) mass is 384 g/mol. The normalized spacial score (nSPS) is 20.3. The largest absolute Gasteiger partial charge is 0.353 e. The van der Waals surface area contributed by atoms with Crippen LogP contribution in [0.5, 0.6) is 0 Å². The summed E-state index contributed by atoms with van der Waals surface area (Å²) in [4.78, 5) is 12.2. The molecule has 4 heteroatoms. The van der Waals surface area contributed by atoms with Crippen LogP contribution in [-0.4, -0.2) is 18.0 Å². The molecule has 1 fully saturated rings. The third kappa shape index (κ3) is 4.72. The molecule has 3 nitrogen and oxygen atoms in total. The highest BCUT2D eigenvalue weighted by atomic mass is 35.5. The maximum absolute atomic E-state index is 12.2. The predicted molar refractivity (Wildman–Crippen MR) is 113 cm³/mol. The summed E-state index contributed by atoms with van der Waals surface area (Å²) in [6.45, 7) is 0. The molecule has 2 aromatic carbocycles. The average Bonchev–Trinajstić information content (AvgIpc) is 3.02. The minimum absolute atomic E-state index is 0. The van der Waals surface area contributed by atoms with Crippen LogP contribution in [0.2, 0.25) is 0 Å². The first-order chi connectivity index (χ1) is 12.7. The Kier molecular flexibility index (Phi) is 6.56. The number of aryl methyl sites for hydroxylation is 1. The number of hydrogen-bond acceptors (Lipinski definition) is 2. The van der Waals surface area contributed by atoms with E-state index in [2.05, 4.69) is 47.8 Å². The van der Waals surface area contributed by atoms with E-state index in [0.29, 0.717) is 18.5 Å². The van der Waals surface area contributed by atoms with Crippen molar-refractivity contribution in [1.29, 1.82) is 0 Å². The van der Waals surface area contributed by atoms with E-state index in [-0.39, 0.29) is 18.3 Å². The quantitative estimate of drug-likeness (QED) is 0.685. The SMILES string of the molecule is Cl.NC1CCC(NC(=O)CCCc2ccc3c(c2)-c2ccccc2C3)CC1. The summed E-state index contributed by atoms with van der Waals surface area (Å²) >= 11 is 0. The number of carbonyl (C=O) groups is 1. The summed E-state index contributed by atoms with van der Waals surface area (Å²) in [5.41, 5.74) is 12.8. The molecular weight excluding hydrogens is 356 g/mol. The molecule has 2 aliphatic rings. The second kappa shape index (κ2) is 8.90. The van der Waals surface area contributed by atoms with Gasteiger partial charge in [0.05, 0.1) is 0 Å². The number of fused-ring (bicyclic) bond motifs is 3. The average molecular weight is 385 g/mol. The molecule has 0 atom stereocenters. The van der Waals surface area contributed by atoms with Crippen molar-refractivity contribution >= 4 is 18.3 Å². The Morgan fingerprint density at radius 1 is 1.00 bits per heavy atom. The van der Waals surface area contributed by atoms with Crippen molar-refractivity contribution in [2.45, 2.75) is 63.5 Å². The van der Waals surface area contributed by atoms with E-state index in [1.54, 1.807) is 0 Å². The maximum Gasteiger partial charge on any atom is 0.220 e. The van der Waals surface area contributed by atoms with Gasteiger partial charge < -0.3 is 11.1 Å². The molecular formula is C23H29ClN2O. The third-order valence-electron chi connectivity index (χ3n) is 5.87. The van der Waals surface area contributed by atoms with Crippen molar-refractivity contribution in [2.75, 3.05) is 0 Å². The van der Waals surface area contributed by atoms with E-state index >= 15 is 0 Å². The number of nitrogens with two attached hydrogens (primary N) is 1. The number of halogens is 1. The molecule has 27 heavy (non-hydrogen) atoms. The lowest BCUT2D eigenvalue weighted by molar-refractivity contribution is -0.122. The molecule has 1 saturated carbocycles. The fourth-order valence-electron chi connectivity index (χ4n) is 4.34. The van der Waals surface area contributed by atoms with Crippen LogP contribution in [-0.2, 0) is 17.6 Å². The molecule has 0 bridgehead atoms. The molecule has 0 aliphatic heterocycles. The Hall–Kier alpha value is -1.84. The van der Waals surface area contributed by atoms with E-state index in [1.165, 1.54) is 27.8 Å². The third-order valence-corrected chi connectivity index (χ3v) is 5.87.